The van der Waals surface area contributed by atoms with Gasteiger partial charge in [-0.05, 0) is 39.8 Å². The number of hydrogen-bond donors (Lipinski definition) is 1. The summed E-state index contributed by atoms with van der Waals surface area (Å²) in [4.78, 5) is 13.5. The van der Waals surface area contributed by atoms with Crippen LogP contribution in [0.25, 0.3) is 0 Å². The van der Waals surface area contributed by atoms with E-state index in [1.165, 1.54) is 0 Å². The second-order valence-electron chi connectivity index (χ2n) is 4.38. The third-order valence-electron chi connectivity index (χ3n) is 2.83. The highest BCUT2D eigenvalue weighted by Crippen LogP contribution is 2.04. The Morgan fingerprint density at radius 3 is 2.31 bits per heavy atom. The van der Waals surface area contributed by atoms with Gasteiger partial charge in [0.15, 0.2) is 0 Å². The van der Waals surface area contributed by atoms with E-state index in [0.29, 0.717) is 6.54 Å². The number of carbonyl (C=O) groups excluding carboxylic acids is 1. The predicted octanol–water partition coefficient (Wildman–Crippen LogP) is 1.52. The molecule has 0 unspecified atom stereocenters. The van der Waals surface area contributed by atoms with Gasteiger partial charge in [-0.25, -0.2) is 0 Å². The number of carbonyl (C=O) groups is 1. The van der Waals surface area contributed by atoms with E-state index in [1.54, 1.807) is 4.90 Å². The highest BCUT2D eigenvalue weighted by atomic mass is 16.2. The predicted molar refractivity (Wildman–Crippen MR) is 66.0 cm³/mol. The molecule has 1 aromatic rings. The summed E-state index contributed by atoms with van der Waals surface area (Å²) in [7, 11) is 1.82. The molecular formula is C12H21N3O. The van der Waals surface area contributed by atoms with Crippen LogP contribution in [-0.4, -0.2) is 35.1 Å². The Hall–Kier alpha value is -1.45. The molecule has 0 atom stereocenters. The standard InChI is InChI=1S/C12H21N3O/c1-9(2)14(5)12(16)8-13-15-10(3)6-7-11(15)4/h6-7,9,13H,8H2,1-5H3. The number of aryl methyl sites for hydroxylation is 2. The summed E-state index contributed by atoms with van der Waals surface area (Å²) in [5.74, 6) is 0.0995. The van der Waals surface area contributed by atoms with Gasteiger partial charge < -0.3 is 10.3 Å². The summed E-state index contributed by atoms with van der Waals surface area (Å²) < 4.78 is 1.94. The Bertz CT molecular complexity index is 349. The van der Waals surface area contributed by atoms with E-state index >= 15 is 0 Å². The molecule has 0 fully saturated rings. The summed E-state index contributed by atoms with van der Waals surface area (Å²) in [6, 6.07) is 4.29. The van der Waals surface area contributed by atoms with Crippen molar-refractivity contribution in [2.75, 3.05) is 19.0 Å². The van der Waals surface area contributed by atoms with Crippen LogP contribution in [0, 0.1) is 13.8 Å². The topological polar surface area (TPSA) is 37.3 Å². The van der Waals surface area contributed by atoms with Gasteiger partial charge in [-0.1, -0.05) is 0 Å². The monoisotopic (exact) mass is 223 g/mol. The largest absolute Gasteiger partial charge is 0.342 e. The molecule has 0 aliphatic heterocycles. The zero-order valence-corrected chi connectivity index (χ0v) is 10.7. The lowest BCUT2D eigenvalue weighted by Gasteiger charge is -2.22. The van der Waals surface area contributed by atoms with Crippen LogP contribution in [0.1, 0.15) is 25.2 Å². The van der Waals surface area contributed by atoms with Gasteiger partial charge in [0.25, 0.3) is 0 Å². The molecule has 0 spiro atoms. The van der Waals surface area contributed by atoms with Crippen LogP contribution < -0.4 is 5.43 Å². The van der Waals surface area contributed by atoms with Crippen LogP contribution in [0.5, 0.6) is 0 Å². The lowest BCUT2D eigenvalue weighted by molar-refractivity contribution is -0.129. The molecule has 90 valence electrons. The van der Waals surface area contributed by atoms with Crippen molar-refractivity contribution in [1.29, 1.82) is 0 Å². The number of likely N-dealkylation sites (N-methyl/N-ethyl adjacent to an activating group) is 1. The molecule has 1 amide bonds. The number of aromatic nitrogens is 1. The number of nitrogens with one attached hydrogen (secondary N) is 1. The normalized spacial score (nSPS) is 10.6. The minimum absolute atomic E-state index is 0.0995. The molecule has 1 heterocycles. The van der Waals surface area contributed by atoms with E-state index in [9.17, 15) is 4.79 Å². The van der Waals surface area contributed by atoms with Crippen molar-refractivity contribution in [1.82, 2.24) is 9.58 Å². The highest BCUT2D eigenvalue weighted by molar-refractivity contribution is 5.79. The highest BCUT2D eigenvalue weighted by Gasteiger charge is 2.11. The van der Waals surface area contributed by atoms with Crippen LogP contribution in [0.4, 0.5) is 0 Å². The van der Waals surface area contributed by atoms with E-state index in [2.05, 4.69) is 5.43 Å². The third kappa shape index (κ3) is 2.78. The van der Waals surface area contributed by atoms with Gasteiger partial charge in [-0.15, -0.1) is 0 Å². The fourth-order valence-electron chi connectivity index (χ4n) is 1.48. The van der Waals surface area contributed by atoms with Crippen molar-refractivity contribution in [2.24, 2.45) is 0 Å². The van der Waals surface area contributed by atoms with Gasteiger partial charge in [-0.2, -0.15) is 0 Å². The number of nitrogens with zero attached hydrogens (tertiary/aromatic N) is 2. The van der Waals surface area contributed by atoms with Gasteiger partial charge >= 0.3 is 0 Å². The van der Waals surface area contributed by atoms with E-state index in [-0.39, 0.29) is 11.9 Å². The maximum absolute atomic E-state index is 11.8. The zero-order valence-electron chi connectivity index (χ0n) is 10.7. The molecule has 1 aromatic heterocycles. The quantitative estimate of drug-likeness (QED) is 0.840. The minimum atomic E-state index is 0.0995. The van der Waals surface area contributed by atoms with Crippen LogP contribution in [0.3, 0.4) is 0 Å². The average molecular weight is 223 g/mol. The van der Waals surface area contributed by atoms with Crippen molar-refractivity contribution >= 4 is 5.91 Å². The lowest BCUT2D eigenvalue weighted by Crippen LogP contribution is -2.39. The second kappa shape index (κ2) is 5.05. The Balaban J connectivity index is 2.55. The van der Waals surface area contributed by atoms with Gasteiger partial charge in [0.1, 0.15) is 6.54 Å². The first-order valence-electron chi connectivity index (χ1n) is 5.58. The Kier molecular flexibility index (Phi) is 3.99. The van der Waals surface area contributed by atoms with Crippen LogP contribution in [0.2, 0.25) is 0 Å². The first-order chi connectivity index (χ1) is 7.43. The lowest BCUT2D eigenvalue weighted by atomic mass is 10.3. The first-order valence-corrected chi connectivity index (χ1v) is 5.58. The Morgan fingerprint density at radius 2 is 1.88 bits per heavy atom. The molecule has 0 saturated heterocycles. The fraction of sp³-hybridized carbons (Fsp3) is 0.583. The maximum atomic E-state index is 11.8. The average Bonchev–Trinajstić information content (AvgIpc) is 2.54. The van der Waals surface area contributed by atoms with Crippen LogP contribution in [-0.2, 0) is 4.79 Å². The fourth-order valence-corrected chi connectivity index (χ4v) is 1.48. The summed E-state index contributed by atoms with van der Waals surface area (Å²) in [5.41, 5.74) is 5.34. The molecule has 4 heteroatoms. The molecule has 0 bridgehead atoms. The number of rotatable bonds is 4. The molecule has 0 aliphatic rings. The second-order valence-corrected chi connectivity index (χ2v) is 4.38. The molecule has 16 heavy (non-hydrogen) atoms. The molecule has 0 aromatic carbocycles. The first kappa shape index (κ1) is 12.6. The van der Waals surface area contributed by atoms with E-state index in [4.69, 9.17) is 0 Å². The summed E-state index contributed by atoms with van der Waals surface area (Å²) >= 11 is 0. The molecule has 0 aliphatic carbocycles. The zero-order chi connectivity index (χ0) is 12.3. The SMILES string of the molecule is Cc1ccc(C)n1NCC(=O)N(C)C(C)C. The van der Waals surface area contributed by atoms with Crippen molar-refractivity contribution in [2.45, 2.75) is 33.7 Å². The molecule has 0 radical (unpaired) electrons. The Labute approximate surface area is 97.2 Å². The summed E-state index contributed by atoms with van der Waals surface area (Å²) in [6.45, 7) is 8.35. The number of hydrogen-bond acceptors (Lipinski definition) is 2. The third-order valence-corrected chi connectivity index (χ3v) is 2.83. The van der Waals surface area contributed by atoms with Crippen molar-refractivity contribution in [3.63, 3.8) is 0 Å². The molecule has 4 nitrogen and oxygen atoms in total. The van der Waals surface area contributed by atoms with E-state index in [0.717, 1.165) is 11.4 Å². The van der Waals surface area contributed by atoms with E-state index in [1.807, 2.05) is 51.6 Å². The van der Waals surface area contributed by atoms with Gasteiger partial charge in [-0.3, -0.25) is 9.47 Å². The molecular weight excluding hydrogens is 202 g/mol. The van der Waals surface area contributed by atoms with Gasteiger partial charge in [0.05, 0.1) is 0 Å². The smallest absolute Gasteiger partial charge is 0.243 e. The Morgan fingerprint density at radius 1 is 1.38 bits per heavy atom. The summed E-state index contributed by atoms with van der Waals surface area (Å²) in [6.07, 6.45) is 0. The summed E-state index contributed by atoms with van der Waals surface area (Å²) in [5, 5.41) is 0. The van der Waals surface area contributed by atoms with Crippen molar-refractivity contribution in [3.05, 3.63) is 23.5 Å². The molecule has 0 saturated carbocycles. The van der Waals surface area contributed by atoms with Crippen LogP contribution in [0.15, 0.2) is 12.1 Å². The minimum Gasteiger partial charge on any atom is -0.342 e. The van der Waals surface area contributed by atoms with Gasteiger partial charge in [0, 0.05) is 24.5 Å². The van der Waals surface area contributed by atoms with Crippen molar-refractivity contribution < 1.29 is 4.79 Å². The van der Waals surface area contributed by atoms with Crippen LogP contribution >= 0.6 is 0 Å². The van der Waals surface area contributed by atoms with Crippen molar-refractivity contribution in [3.8, 4) is 0 Å². The number of amides is 1. The molecule has 1 rings (SSSR count). The molecule has 1 N–H and O–H groups in total. The van der Waals surface area contributed by atoms with Gasteiger partial charge in [0.2, 0.25) is 5.91 Å². The maximum Gasteiger partial charge on any atom is 0.243 e. The van der Waals surface area contributed by atoms with E-state index < -0.39 is 0 Å².